The molecule has 0 saturated carbocycles. The summed E-state index contributed by atoms with van der Waals surface area (Å²) >= 11 is 1.66. The molecule has 0 N–H and O–H groups in total. The highest BCUT2D eigenvalue weighted by Crippen LogP contribution is 2.28. The second kappa shape index (κ2) is 10.5. The van der Waals surface area contributed by atoms with E-state index in [9.17, 15) is 0 Å². The van der Waals surface area contributed by atoms with Crippen molar-refractivity contribution in [1.29, 1.82) is 0 Å². The first kappa shape index (κ1) is 19.8. The third-order valence-corrected chi connectivity index (χ3v) is 4.57. The van der Waals surface area contributed by atoms with E-state index in [1.165, 1.54) is 0 Å². The van der Waals surface area contributed by atoms with Crippen LogP contribution in [0.1, 0.15) is 48.0 Å². The molecule has 0 spiro atoms. The van der Waals surface area contributed by atoms with E-state index in [1.54, 1.807) is 18.9 Å². The lowest BCUT2D eigenvalue weighted by atomic mass is 10.1. The molecule has 1 unspecified atom stereocenters. The Balaban J connectivity index is 5.11. The van der Waals surface area contributed by atoms with Gasteiger partial charge in [0.25, 0.3) is 0 Å². The fourth-order valence-corrected chi connectivity index (χ4v) is 2.30. The zero-order valence-electron chi connectivity index (χ0n) is 14.5. The summed E-state index contributed by atoms with van der Waals surface area (Å²) in [5, 5.41) is 1.12. The summed E-state index contributed by atoms with van der Waals surface area (Å²) in [7, 11) is 1.67. The summed E-state index contributed by atoms with van der Waals surface area (Å²) in [6.45, 7) is 16.6. The zero-order valence-corrected chi connectivity index (χ0v) is 15.3. The molecule has 1 atom stereocenters. The van der Waals surface area contributed by atoms with Gasteiger partial charge in [-0.25, -0.2) is 0 Å². The van der Waals surface area contributed by atoms with Crippen LogP contribution in [-0.2, 0) is 4.74 Å². The summed E-state index contributed by atoms with van der Waals surface area (Å²) in [4.78, 5) is 5.74. The van der Waals surface area contributed by atoms with Crippen LogP contribution in [0.5, 0.6) is 0 Å². The fraction of sp³-hybridized carbons (Fsp3) is 0.500. The van der Waals surface area contributed by atoms with Gasteiger partial charge in [-0.2, -0.15) is 0 Å². The molecule has 0 amide bonds. The van der Waals surface area contributed by atoms with Gasteiger partial charge in [0.1, 0.15) is 0 Å². The average Bonchev–Trinajstić information content (AvgIpc) is 2.49. The number of nitrogens with zero attached hydrogens (tertiary/aromatic N) is 1. The van der Waals surface area contributed by atoms with Crippen LogP contribution in [0.4, 0.5) is 0 Å². The highest BCUT2D eigenvalue weighted by molar-refractivity contribution is 8.17. The van der Waals surface area contributed by atoms with E-state index in [0.29, 0.717) is 5.92 Å². The Morgan fingerprint density at radius 1 is 1.29 bits per heavy atom. The number of rotatable bonds is 7. The molecule has 2 nitrogen and oxygen atoms in total. The predicted octanol–water partition coefficient (Wildman–Crippen LogP) is 6.10. The maximum Gasteiger partial charge on any atom is 0.0924 e. The minimum Gasteiger partial charge on any atom is -0.501 e. The molecule has 0 aromatic heterocycles. The monoisotopic (exact) mass is 307 g/mol. The normalized spacial score (nSPS) is 16.0. The van der Waals surface area contributed by atoms with Gasteiger partial charge in [0.05, 0.1) is 17.9 Å². The van der Waals surface area contributed by atoms with E-state index in [0.717, 1.165) is 33.4 Å². The van der Waals surface area contributed by atoms with Crippen molar-refractivity contribution in [1.82, 2.24) is 0 Å². The lowest BCUT2D eigenvalue weighted by Crippen LogP contribution is -2.06. The van der Waals surface area contributed by atoms with Crippen LogP contribution in [-0.4, -0.2) is 12.2 Å². The molecule has 0 fully saturated rings. The molecule has 0 aromatic rings. The largest absolute Gasteiger partial charge is 0.501 e. The fourth-order valence-electron chi connectivity index (χ4n) is 1.26. The molecule has 21 heavy (non-hydrogen) atoms. The average molecular weight is 308 g/mol. The minimum atomic E-state index is 0.436. The van der Waals surface area contributed by atoms with Gasteiger partial charge in [0, 0.05) is 16.5 Å². The second-order valence-electron chi connectivity index (χ2n) is 5.05. The molecule has 0 rings (SSSR count). The molecule has 0 aliphatic heterocycles. The quantitative estimate of drug-likeness (QED) is 0.245. The van der Waals surface area contributed by atoms with Crippen LogP contribution in [0, 0.1) is 5.92 Å². The topological polar surface area (TPSA) is 21.6 Å². The van der Waals surface area contributed by atoms with Crippen molar-refractivity contribution < 1.29 is 4.74 Å². The maximum absolute atomic E-state index is 5.13. The van der Waals surface area contributed by atoms with E-state index < -0.39 is 0 Å². The molecule has 0 radical (unpaired) electrons. The minimum absolute atomic E-state index is 0.436. The SMILES string of the molecule is C=C(SC(=N/C(C)=C\C)C(C)CC)/C(C)=C\C=C(/C)OC. The van der Waals surface area contributed by atoms with Crippen molar-refractivity contribution in [3.8, 4) is 0 Å². The third kappa shape index (κ3) is 7.96. The van der Waals surface area contributed by atoms with Crippen molar-refractivity contribution in [2.75, 3.05) is 7.11 Å². The summed E-state index contributed by atoms with van der Waals surface area (Å²) < 4.78 is 5.13. The third-order valence-electron chi connectivity index (χ3n) is 3.30. The predicted molar refractivity (Wildman–Crippen MR) is 97.6 cm³/mol. The second-order valence-corrected chi connectivity index (χ2v) is 6.16. The highest BCUT2D eigenvalue weighted by Gasteiger charge is 2.12. The van der Waals surface area contributed by atoms with Gasteiger partial charge in [-0.05, 0) is 45.8 Å². The molecule has 0 aromatic carbocycles. The van der Waals surface area contributed by atoms with Gasteiger partial charge in [-0.1, -0.05) is 44.3 Å². The van der Waals surface area contributed by atoms with Crippen molar-refractivity contribution in [2.45, 2.75) is 48.0 Å². The van der Waals surface area contributed by atoms with Crippen LogP contribution in [0.3, 0.4) is 0 Å². The molecular formula is C18H29NOS. The van der Waals surface area contributed by atoms with Crippen LogP contribution in [0.25, 0.3) is 0 Å². The zero-order chi connectivity index (χ0) is 16.4. The number of thioether (sulfide) groups is 1. The molecule has 0 aliphatic carbocycles. The molecule has 0 aliphatic rings. The summed E-state index contributed by atoms with van der Waals surface area (Å²) in [6, 6.07) is 0. The van der Waals surface area contributed by atoms with Crippen molar-refractivity contribution in [3.63, 3.8) is 0 Å². The summed E-state index contributed by atoms with van der Waals surface area (Å²) in [5.74, 6) is 1.32. The number of hydrogen-bond donors (Lipinski definition) is 0. The number of methoxy groups -OCH3 is 1. The Kier molecular flexibility index (Phi) is 9.89. The van der Waals surface area contributed by atoms with Crippen molar-refractivity contribution >= 4 is 16.8 Å². The molecule has 3 heteroatoms. The van der Waals surface area contributed by atoms with Gasteiger partial charge in [0.2, 0.25) is 0 Å². The number of ether oxygens (including phenoxy) is 1. The number of allylic oxidation sites excluding steroid dienone is 6. The van der Waals surface area contributed by atoms with Crippen molar-refractivity contribution in [3.05, 3.63) is 46.7 Å². The lowest BCUT2D eigenvalue weighted by Gasteiger charge is -2.14. The van der Waals surface area contributed by atoms with Gasteiger partial charge in [-0.15, -0.1) is 0 Å². The Morgan fingerprint density at radius 2 is 1.90 bits per heavy atom. The van der Waals surface area contributed by atoms with Crippen LogP contribution in [0.15, 0.2) is 51.7 Å². The van der Waals surface area contributed by atoms with E-state index in [4.69, 9.17) is 9.73 Å². The van der Waals surface area contributed by atoms with Gasteiger partial charge in [0.15, 0.2) is 0 Å². The number of aliphatic imine (C=N–C) groups is 1. The lowest BCUT2D eigenvalue weighted by molar-refractivity contribution is 0.294. The van der Waals surface area contributed by atoms with E-state index in [2.05, 4.69) is 27.4 Å². The van der Waals surface area contributed by atoms with E-state index in [-0.39, 0.29) is 0 Å². The van der Waals surface area contributed by atoms with Crippen LogP contribution < -0.4 is 0 Å². The van der Waals surface area contributed by atoms with Gasteiger partial charge < -0.3 is 4.74 Å². The van der Waals surface area contributed by atoms with E-state index >= 15 is 0 Å². The molecule has 0 heterocycles. The Labute approximate surface area is 134 Å². The first-order chi connectivity index (χ1) is 9.85. The standard InChI is InChI=1S/C18H29NOS/c1-9-13(3)18(19-15(5)10-2)21-17(7)14(4)11-12-16(6)20-8/h10-13H,7,9H2,1-6,8H3/b14-11-,15-10-,16-12+,19-18?. The molecule has 0 saturated heterocycles. The van der Waals surface area contributed by atoms with Gasteiger partial charge >= 0.3 is 0 Å². The van der Waals surface area contributed by atoms with E-state index in [1.807, 2.05) is 39.0 Å². The maximum atomic E-state index is 5.13. The summed E-state index contributed by atoms with van der Waals surface area (Å²) in [5.41, 5.74) is 2.17. The Bertz CT molecular complexity index is 470. The van der Waals surface area contributed by atoms with Crippen molar-refractivity contribution in [2.24, 2.45) is 10.9 Å². The van der Waals surface area contributed by atoms with Crippen LogP contribution >= 0.6 is 11.8 Å². The Hall–Kier alpha value is -1.22. The molecule has 0 bridgehead atoms. The Morgan fingerprint density at radius 3 is 2.38 bits per heavy atom. The smallest absolute Gasteiger partial charge is 0.0924 e. The van der Waals surface area contributed by atoms with Crippen LogP contribution in [0.2, 0.25) is 0 Å². The van der Waals surface area contributed by atoms with Gasteiger partial charge in [-0.3, -0.25) is 4.99 Å². The molecule has 118 valence electrons. The first-order valence-electron chi connectivity index (χ1n) is 7.33. The first-order valence-corrected chi connectivity index (χ1v) is 8.15. The summed E-state index contributed by atoms with van der Waals surface area (Å²) in [6.07, 6.45) is 7.09. The number of hydrogen-bond acceptors (Lipinski definition) is 3. The molecular weight excluding hydrogens is 278 g/mol. The highest BCUT2D eigenvalue weighted by atomic mass is 32.2.